The summed E-state index contributed by atoms with van der Waals surface area (Å²) in [7, 11) is 0. The Morgan fingerprint density at radius 1 is 0.500 bits per heavy atom. The predicted molar refractivity (Wildman–Crippen MR) is 77.3 cm³/mol. The van der Waals surface area contributed by atoms with Crippen molar-refractivity contribution < 1.29 is 6.85 Å². The van der Waals surface area contributed by atoms with E-state index in [4.69, 9.17) is 6.85 Å². The van der Waals surface area contributed by atoms with Gasteiger partial charge < -0.3 is 0 Å². The molecule has 0 heteroatoms. The second-order valence-corrected chi connectivity index (χ2v) is 3.94. The molecular weight excluding hydrogens is 216 g/mol. The molecular formula is C18H14. The lowest BCUT2D eigenvalue weighted by atomic mass is 10.0. The van der Waals surface area contributed by atoms with Crippen LogP contribution in [0.15, 0.2) is 84.8 Å². The zero-order valence-electron chi connectivity index (χ0n) is 14.7. The average Bonchev–Trinajstić information content (AvgIpc) is 2.60. The molecule has 0 unspecified atom stereocenters. The Balaban J connectivity index is 2.11. The van der Waals surface area contributed by atoms with Gasteiger partial charge in [0.25, 0.3) is 0 Å². The van der Waals surface area contributed by atoms with Crippen molar-refractivity contribution in [1.29, 1.82) is 0 Å². The fraction of sp³-hybridized carbons (Fsp3) is 0. The number of benzene rings is 3. The number of hydrogen-bond donors (Lipinski definition) is 0. The molecule has 0 amide bonds. The van der Waals surface area contributed by atoms with E-state index in [1.54, 1.807) is 12.1 Å². The Hall–Kier alpha value is -2.34. The lowest BCUT2D eigenvalue weighted by Gasteiger charge is -2.04. The molecule has 0 aliphatic heterocycles. The van der Waals surface area contributed by atoms with Gasteiger partial charge in [-0.2, -0.15) is 0 Å². The van der Waals surface area contributed by atoms with Crippen LogP contribution in [0.2, 0.25) is 0 Å². The van der Waals surface area contributed by atoms with Gasteiger partial charge in [-0.3, -0.25) is 0 Å². The Morgan fingerprint density at radius 2 is 1.00 bits per heavy atom. The van der Waals surface area contributed by atoms with Crippen LogP contribution in [0.1, 0.15) is 6.85 Å². The molecule has 0 spiro atoms. The van der Waals surface area contributed by atoms with E-state index in [1.165, 1.54) is 0 Å². The van der Waals surface area contributed by atoms with Gasteiger partial charge in [0.2, 0.25) is 0 Å². The van der Waals surface area contributed by atoms with Crippen molar-refractivity contribution in [2.24, 2.45) is 0 Å². The number of rotatable bonds is 2. The van der Waals surface area contributed by atoms with E-state index in [2.05, 4.69) is 0 Å². The maximum Gasteiger partial charge on any atom is 0.0629 e. The summed E-state index contributed by atoms with van der Waals surface area (Å²) < 4.78 is 39.2. The molecule has 0 aliphatic carbocycles. The summed E-state index contributed by atoms with van der Waals surface area (Å²) in [4.78, 5) is 0. The smallest absolute Gasteiger partial charge is 0.0622 e. The van der Waals surface area contributed by atoms with Crippen molar-refractivity contribution in [3.8, 4) is 22.3 Å². The van der Waals surface area contributed by atoms with Crippen LogP contribution in [0.5, 0.6) is 0 Å². The molecule has 0 aliphatic rings. The Morgan fingerprint density at radius 3 is 1.61 bits per heavy atom. The first-order valence-electron chi connectivity index (χ1n) is 8.23. The molecule has 0 heterocycles. The van der Waals surface area contributed by atoms with E-state index in [9.17, 15) is 0 Å². The zero-order chi connectivity index (χ0) is 16.6. The van der Waals surface area contributed by atoms with Gasteiger partial charge in [-0.15, -0.1) is 0 Å². The quantitative estimate of drug-likeness (QED) is 0.585. The van der Waals surface area contributed by atoms with Gasteiger partial charge in [0, 0.05) is 0 Å². The molecule has 3 rings (SSSR count). The van der Waals surface area contributed by atoms with Gasteiger partial charge in [0.05, 0.1) is 6.85 Å². The van der Waals surface area contributed by atoms with E-state index in [-0.39, 0.29) is 35.8 Å². The summed E-state index contributed by atoms with van der Waals surface area (Å²) in [5, 5.41) is 0. The summed E-state index contributed by atoms with van der Waals surface area (Å²) in [6, 6.07) is 15.9. The Labute approximate surface area is 115 Å². The first-order chi connectivity index (χ1) is 11.0. The van der Waals surface area contributed by atoms with Crippen molar-refractivity contribution in [1.82, 2.24) is 0 Å². The molecule has 0 nitrogen and oxygen atoms in total. The summed E-state index contributed by atoms with van der Waals surface area (Å²) in [6.07, 6.45) is 0. The van der Waals surface area contributed by atoms with Gasteiger partial charge >= 0.3 is 0 Å². The van der Waals surface area contributed by atoms with Crippen LogP contribution in [0.3, 0.4) is 0 Å². The minimum atomic E-state index is -0.371. The molecule has 0 N–H and O–H groups in total. The molecule has 0 atom stereocenters. The van der Waals surface area contributed by atoms with Crippen molar-refractivity contribution in [3.63, 3.8) is 0 Å². The molecule has 0 saturated heterocycles. The third-order valence-corrected chi connectivity index (χ3v) is 2.78. The predicted octanol–water partition coefficient (Wildman–Crippen LogP) is 5.02. The Kier molecular flexibility index (Phi) is 1.78. The SMILES string of the molecule is [2H]c1c([2H])c([2H])c(-c2ccc(-c3ccccc3)cc2)c([2H])c1[2H]. The third kappa shape index (κ3) is 2.18. The van der Waals surface area contributed by atoms with Crippen molar-refractivity contribution in [3.05, 3.63) is 84.8 Å². The van der Waals surface area contributed by atoms with Crippen LogP contribution in [-0.4, -0.2) is 0 Å². The fourth-order valence-electron chi connectivity index (χ4n) is 1.85. The van der Waals surface area contributed by atoms with Gasteiger partial charge in [-0.05, 0) is 22.3 Å². The van der Waals surface area contributed by atoms with E-state index in [0.717, 1.165) is 11.1 Å². The van der Waals surface area contributed by atoms with Gasteiger partial charge in [0.1, 0.15) is 0 Å². The minimum Gasteiger partial charge on any atom is -0.0622 e. The molecule has 0 aromatic heterocycles. The Bertz CT molecular complexity index is 826. The van der Waals surface area contributed by atoms with Gasteiger partial charge in [-0.1, -0.05) is 84.8 Å². The van der Waals surface area contributed by atoms with Crippen LogP contribution in [0.25, 0.3) is 22.3 Å². The molecule has 0 bridgehead atoms. The fourth-order valence-corrected chi connectivity index (χ4v) is 1.85. The van der Waals surface area contributed by atoms with Crippen molar-refractivity contribution in [2.45, 2.75) is 0 Å². The molecule has 0 radical (unpaired) electrons. The lowest BCUT2D eigenvalue weighted by Crippen LogP contribution is -1.79. The maximum absolute atomic E-state index is 8.02. The van der Waals surface area contributed by atoms with Crippen LogP contribution < -0.4 is 0 Å². The summed E-state index contributed by atoms with van der Waals surface area (Å²) in [5.74, 6) is 0. The van der Waals surface area contributed by atoms with Crippen LogP contribution >= 0.6 is 0 Å². The zero-order valence-corrected chi connectivity index (χ0v) is 9.70. The van der Waals surface area contributed by atoms with E-state index in [0.29, 0.717) is 5.56 Å². The average molecular weight is 235 g/mol. The second-order valence-electron chi connectivity index (χ2n) is 3.94. The molecule has 3 aromatic carbocycles. The van der Waals surface area contributed by atoms with Crippen molar-refractivity contribution in [2.75, 3.05) is 0 Å². The first kappa shape index (κ1) is 6.55. The number of hydrogen-bond acceptors (Lipinski definition) is 0. The lowest BCUT2D eigenvalue weighted by molar-refractivity contribution is 1.59. The van der Waals surface area contributed by atoms with E-state index >= 15 is 0 Å². The summed E-state index contributed by atoms with van der Waals surface area (Å²) >= 11 is 0. The normalized spacial score (nSPS) is 14.1. The third-order valence-electron chi connectivity index (χ3n) is 2.78. The second kappa shape index (κ2) is 4.89. The van der Waals surface area contributed by atoms with Crippen molar-refractivity contribution >= 4 is 0 Å². The van der Waals surface area contributed by atoms with Gasteiger partial charge in [-0.25, -0.2) is 0 Å². The summed E-state index contributed by atoms with van der Waals surface area (Å²) in [5.41, 5.74) is 2.93. The van der Waals surface area contributed by atoms with Crippen LogP contribution in [0.4, 0.5) is 0 Å². The largest absolute Gasteiger partial charge is 0.0629 e. The summed E-state index contributed by atoms with van der Waals surface area (Å²) in [6.45, 7) is 0. The first-order valence-corrected chi connectivity index (χ1v) is 5.73. The molecule has 18 heavy (non-hydrogen) atoms. The molecule has 3 aromatic rings. The highest BCUT2D eigenvalue weighted by atomic mass is 14.0. The molecule has 86 valence electrons. The topological polar surface area (TPSA) is 0 Å². The van der Waals surface area contributed by atoms with Crippen LogP contribution in [-0.2, 0) is 0 Å². The highest BCUT2D eigenvalue weighted by molar-refractivity contribution is 5.70. The van der Waals surface area contributed by atoms with E-state index in [1.807, 2.05) is 42.5 Å². The molecule has 0 fully saturated rings. The monoisotopic (exact) mass is 235 g/mol. The minimum absolute atomic E-state index is 0.177. The standard InChI is InChI=1S/C18H14/c1-3-7-15(8-4-1)17-11-13-18(14-12-17)16-9-5-2-6-10-16/h1-14H/i1D,3D,4D,7D,8D. The highest BCUT2D eigenvalue weighted by Crippen LogP contribution is 2.24. The van der Waals surface area contributed by atoms with Gasteiger partial charge in [0.15, 0.2) is 0 Å². The highest BCUT2D eigenvalue weighted by Gasteiger charge is 1.98. The molecule has 0 saturated carbocycles. The van der Waals surface area contributed by atoms with E-state index < -0.39 is 0 Å². The van der Waals surface area contributed by atoms with Crippen LogP contribution in [0, 0.1) is 0 Å². The maximum atomic E-state index is 8.02.